The molecule has 0 saturated heterocycles. The maximum Gasteiger partial charge on any atom is 0.260 e. The highest BCUT2D eigenvalue weighted by Crippen LogP contribution is 2.23. The molecule has 0 aliphatic rings. The summed E-state index contributed by atoms with van der Waals surface area (Å²) < 4.78 is 3.83. The van der Waals surface area contributed by atoms with Crippen molar-refractivity contribution in [2.24, 2.45) is 0 Å². The molecule has 4 aromatic rings. The van der Waals surface area contributed by atoms with E-state index in [1.165, 1.54) is 0 Å². The van der Waals surface area contributed by atoms with Crippen molar-refractivity contribution in [3.05, 3.63) is 70.0 Å². The highest BCUT2D eigenvalue weighted by Gasteiger charge is 2.14. The molecule has 0 bridgehead atoms. The molecule has 25 heavy (non-hydrogen) atoms. The molecule has 2 heterocycles. The second kappa shape index (κ2) is 6.37. The minimum Gasteiger partial charge on any atom is -0.310 e. The summed E-state index contributed by atoms with van der Waals surface area (Å²) in [5.41, 5.74) is 3.34. The average Bonchev–Trinajstić information content (AvgIpc) is 2.94. The van der Waals surface area contributed by atoms with E-state index < -0.39 is 0 Å². The molecular formula is C20H18ClN3O. The van der Waals surface area contributed by atoms with Gasteiger partial charge < -0.3 is 4.57 Å². The minimum atomic E-state index is -0.0774. The van der Waals surface area contributed by atoms with Gasteiger partial charge in [-0.3, -0.25) is 4.79 Å². The Labute approximate surface area is 150 Å². The molecule has 0 fully saturated rings. The molecule has 0 radical (unpaired) electrons. The van der Waals surface area contributed by atoms with E-state index in [0.717, 1.165) is 36.0 Å². The summed E-state index contributed by atoms with van der Waals surface area (Å²) in [6.07, 6.45) is 2.11. The third kappa shape index (κ3) is 2.72. The number of rotatable bonds is 4. The molecular weight excluding hydrogens is 334 g/mol. The van der Waals surface area contributed by atoms with Crippen LogP contribution < -0.4 is 5.56 Å². The summed E-state index contributed by atoms with van der Waals surface area (Å²) in [5, 5.41) is 0.631. The van der Waals surface area contributed by atoms with Gasteiger partial charge in [0.1, 0.15) is 0 Å². The maximum absolute atomic E-state index is 12.8. The molecule has 0 unspecified atom stereocenters. The number of fused-ring (bicyclic) bond motifs is 3. The number of aromatic nitrogens is 3. The molecule has 0 spiro atoms. The Morgan fingerprint density at radius 1 is 1.04 bits per heavy atom. The minimum absolute atomic E-state index is 0.0774. The number of nitrogens with zero attached hydrogens (tertiary/aromatic N) is 3. The molecule has 0 saturated carbocycles. The van der Waals surface area contributed by atoms with E-state index in [0.29, 0.717) is 16.5 Å². The normalized spacial score (nSPS) is 11.4. The Balaban J connectivity index is 2.04. The van der Waals surface area contributed by atoms with Crippen molar-refractivity contribution in [2.45, 2.75) is 26.3 Å². The van der Waals surface area contributed by atoms with Gasteiger partial charge in [-0.1, -0.05) is 49.2 Å². The summed E-state index contributed by atoms with van der Waals surface area (Å²) >= 11 is 6.10. The van der Waals surface area contributed by atoms with Gasteiger partial charge in [-0.25, -0.2) is 9.38 Å². The number of unbranched alkanes of at least 4 members (excludes halogenated alkanes) is 1. The molecule has 4 nitrogen and oxygen atoms in total. The third-order valence-electron chi connectivity index (χ3n) is 4.41. The Morgan fingerprint density at radius 3 is 2.60 bits per heavy atom. The van der Waals surface area contributed by atoms with Crippen molar-refractivity contribution in [1.29, 1.82) is 0 Å². The van der Waals surface area contributed by atoms with Gasteiger partial charge >= 0.3 is 0 Å². The molecule has 126 valence electrons. The van der Waals surface area contributed by atoms with Crippen molar-refractivity contribution in [1.82, 2.24) is 14.0 Å². The number of aryl methyl sites for hydroxylation is 1. The van der Waals surface area contributed by atoms with Crippen LogP contribution in [0, 0.1) is 0 Å². The monoisotopic (exact) mass is 351 g/mol. The van der Waals surface area contributed by atoms with Crippen molar-refractivity contribution in [3.8, 4) is 11.3 Å². The number of hydrogen-bond acceptors (Lipinski definition) is 2. The zero-order chi connectivity index (χ0) is 17.4. The van der Waals surface area contributed by atoms with Gasteiger partial charge in [-0.15, -0.1) is 0 Å². The summed E-state index contributed by atoms with van der Waals surface area (Å²) in [4.78, 5) is 17.6. The number of imidazole rings is 1. The lowest BCUT2D eigenvalue weighted by molar-refractivity contribution is 0.655. The van der Waals surface area contributed by atoms with Crippen LogP contribution in [0.2, 0.25) is 5.02 Å². The molecule has 0 aliphatic carbocycles. The largest absolute Gasteiger partial charge is 0.310 e. The Hall–Kier alpha value is -2.59. The molecule has 2 aromatic carbocycles. The Morgan fingerprint density at radius 2 is 1.84 bits per heavy atom. The van der Waals surface area contributed by atoms with Crippen molar-refractivity contribution in [2.75, 3.05) is 0 Å². The Bertz CT molecular complexity index is 1130. The van der Waals surface area contributed by atoms with E-state index in [9.17, 15) is 4.79 Å². The number of para-hydroxylation sites is 2. The lowest BCUT2D eigenvalue weighted by atomic mass is 10.1. The van der Waals surface area contributed by atoms with E-state index in [-0.39, 0.29) is 5.56 Å². The molecule has 0 aliphatic heterocycles. The first-order chi connectivity index (χ1) is 12.2. The standard InChI is InChI=1S/C20H18ClN3O/c1-2-3-11-23-17-9-4-5-10-18(17)24-19(25)13-16(22-20(23)24)14-7-6-8-15(21)12-14/h4-10,12-13H,2-3,11H2,1H3. The van der Waals surface area contributed by atoms with Gasteiger partial charge in [-0.05, 0) is 30.7 Å². The topological polar surface area (TPSA) is 39.3 Å². The second-order valence-corrected chi connectivity index (χ2v) is 6.56. The summed E-state index contributed by atoms with van der Waals surface area (Å²) in [6, 6.07) is 17.0. The van der Waals surface area contributed by atoms with Crippen LogP contribution in [0.15, 0.2) is 59.4 Å². The van der Waals surface area contributed by atoms with Crippen molar-refractivity contribution < 1.29 is 0 Å². The summed E-state index contributed by atoms with van der Waals surface area (Å²) in [5.74, 6) is 0.678. The predicted octanol–water partition coefficient (Wildman–Crippen LogP) is 4.77. The predicted molar refractivity (Wildman–Crippen MR) is 102 cm³/mol. The van der Waals surface area contributed by atoms with Gasteiger partial charge in [0.25, 0.3) is 5.56 Å². The first-order valence-electron chi connectivity index (χ1n) is 8.46. The van der Waals surface area contributed by atoms with Crippen LogP contribution in [0.5, 0.6) is 0 Å². The fourth-order valence-corrected chi connectivity index (χ4v) is 3.39. The lowest BCUT2D eigenvalue weighted by Gasteiger charge is -2.06. The molecule has 5 heteroatoms. The molecule has 0 amide bonds. The van der Waals surface area contributed by atoms with E-state index >= 15 is 0 Å². The molecule has 2 aromatic heterocycles. The SMILES string of the molecule is CCCCn1c2ccccc2n2c(=O)cc(-c3cccc(Cl)c3)nc12. The van der Waals surface area contributed by atoms with Crippen molar-refractivity contribution in [3.63, 3.8) is 0 Å². The fourth-order valence-electron chi connectivity index (χ4n) is 3.20. The number of benzene rings is 2. The fraction of sp³-hybridized carbons (Fsp3) is 0.200. The highest BCUT2D eigenvalue weighted by atomic mass is 35.5. The smallest absolute Gasteiger partial charge is 0.260 e. The summed E-state index contributed by atoms with van der Waals surface area (Å²) in [6.45, 7) is 2.99. The van der Waals surface area contributed by atoms with Crippen molar-refractivity contribution >= 4 is 28.4 Å². The van der Waals surface area contributed by atoms with E-state index in [4.69, 9.17) is 16.6 Å². The molecule has 4 rings (SSSR count). The first-order valence-corrected chi connectivity index (χ1v) is 8.84. The van der Waals surface area contributed by atoms with Crippen LogP contribution in [0.4, 0.5) is 0 Å². The van der Waals surface area contributed by atoms with Crippen LogP contribution in [-0.4, -0.2) is 14.0 Å². The number of hydrogen-bond donors (Lipinski definition) is 0. The van der Waals surface area contributed by atoms with Crippen LogP contribution in [0.1, 0.15) is 19.8 Å². The van der Waals surface area contributed by atoms with Gasteiger partial charge in [0.15, 0.2) is 0 Å². The second-order valence-electron chi connectivity index (χ2n) is 6.12. The molecule has 0 atom stereocenters. The van der Waals surface area contributed by atoms with Crippen LogP contribution >= 0.6 is 11.6 Å². The first kappa shape index (κ1) is 15.9. The lowest BCUT2D eigenvalue weighted by Crippen LogP contribution is -2.14. The average molecular weight is 352 g/mol. The maximum atomic E-state index is 12.8. The highest BCUT2D eigenvalue weighted by molar-refractivity contribution is 6.30. The van der Waals surface area contributed by atoms with Gasteiger partial charge in [0, 0.05) is 23.2 Å². The van der Waals surface area contributed by atoms with Crippen LogP contribution in [0.3, 0.4) is 0 Å². The van der Waals surface area contributed by atoms with Crippen LogP contribution in [-0.2, 0) is 6.54 Å². The summed E-state index contributed by atoms with van der Waals surface area (Å²) in [7, 11) is 0. The van der Waals surface area contributed by atoms with Gasteiger partial charge in [-0.2, -0.15) is 0 Å². The third-order valence-corrected chi connectivity index (χ3v) is 4.65. The zero-order valence-corrected chi connectivity index (χ0v) is 14.7. The number of halogens is 1. The van der Waals surface area contributed by atoms with Gasteiger partial charge in [0.05, 0.1) is 16.7 Å². The zero-order valence-electron chi connectivity index (χ0n) is 13.9. The van der Waals surface area contributed by atoms with E-state index in [1.807, 2.05) is 48.5 Å². The van der Waals surface area contributed by atoms with E-state index in [2.05, 4.69) is 11.5 Å². The van der Waals surface area contributed by atoms with E-state index in [1.54, 1.807) is 10.5 Å². The van der Waals surface area contributed by atoms with Crippen LogP contribution in [0.25, 0.3) is 28.1 Å². The van der Waals surface area contributed by atoms with Gasteiger partial charge in [0.2, 0.25) is 5.78 Å². The molecule has 0 N–H and O–H groups in total. The Kier molecular flexibility index (Phi) is 4.06. The quantitative estimate of drug-likeness (QED) is 0.531.